The molecule has 1 aliphatic heterocycles. The van der Waals surface area contributed by atoms with Crippen molar-refractivity contribution in [3.63, 3.8) is 0 Å². The first-order valence-electron chi connectivity index (χ1n) is 9.49. The maximum absolute atomic E-state index is 13.2. The smallest absolute Gasteiger partial charge is 0.317 e. The molecule has 0 aliphatic carbocycles. The Balaban J connectivity index is 1.48. The molecular formula is C20H27FN4O2. The van der Waals surface area contributed by atoms with Gasteiger partial charge >= 0.3 is 6.03 Å². The lowest BCUT2D eigenvalue weighted by atomic mass is 9.99. The summed E-state index contributed by atoms with van der Waals surface area (Å²) in [4.78, 5) is 14.4. The van der Waals surface area contributed by atoms with Gasteiger partial charge in [0.1, 0.15) is 11.6 Å². The number of halogens is 1. The number of urea groups is 1. The molecule has 1 aliphatic rings. The Hall–Kier alpha value is -2.57. The quantitative estimate of drug-likeness (QED) is 0.844. The summed E-state index contributed by atoms with van der Waals surface area (Å²) in [5, 5.41) is 7.39. The SMILES string of the molecule is CCn1cc(CNC(=O)N2CCCC(COc3cccc(F)c3)C2)c(C)n1. The summed E-state index contributed by atoms with van der Waals surface area (Å²) >= 11 is 0. The summed E-state index contributed by atoms with van der Waals surface area (Å²) < 4.78 is 20.8. The fourth-order valence-corrected chi connectivity index (χ4v) is 3.33. The topological polar surface area (TPSA) is 59.4 Å². The van der Waals surface area contributed by atoms with Crippen LogP contribution in [0.2, 0.25) is 0 Å². The number of amides is 2. The third kappa shape index (κ3) is 5.21. The van der Waals surface area contributed by atoms with Crippen molar-refractivity contribution in [3.8, 4) is 5.75 Å². The molecule has 0 bridgehead atoms. The monoisotopic (exact) mass is 374 g/mol. The second-order valence-corrected chi connectivity index (χ2v) is 6.98. The van der Waals surface area contributed by atoms with Crippen LogP contribution in [0.3, 0.4) is 0 Å². The number of benzene rings is 1. The molecule has 1 N–H and O–H groups in total. The van der Waals surface area contributed by atoms with Gasteiger partial charge in [0.15, 0.2) is 0 Å². The Bertz CT molecular complexity index is 777. The third-order valence-electron chi connectivity index (χ3n) is 4.89. The first kappa shape index (κ1) is 19.2. The zero-order valence-corrected chi connectivity index (χ0v) is 15.9. The molecule has 2 heterocycles. The number of nitrogens with zero attached hydrogens (tertiary/aromatic N) is 3. The van der Waals surface area contributed by atoms with Crippen LogP contribution in [0.15, 0.2) is 30.5 Å². The molecule has 1 saturated heterocycles. The summed E-state index contributed by atoms with van der Waals surface area (Å²) in [6.45, 7) is 7.15. The fraction of sp³-hybridized carbons (Fsp3) is 0.500. The molecule has 0 radical (unpaired) electrons. The standard InChI is InChI=1S/C20H27FN4O2/c1-3-25-13-17(15(2)23-25)11-22-20(26)24-9-5-6-16(12-24)14-27-19-8-4-7-18(21)10-19/h4,7-8,10,13,16H,3,5-6,9,11-12,14H2,1-2H3,(H,22,26). The van der Waals surface area contributed by atoms with Gasteiger partial charge in [-0.15, -0.1) is 0 Å². The minimum absolute atomic E-state index is 0.0610. The number of aromatic nitrogens is 2. The van der Waals surface area contributed by atoms with E-state index in [4.69, 9.17) is 4.74 Å². The Labute approximate surface area is 159 Å². The second-order valence-electron chi connectivity index (χ2n) is 6.98. The maximum Gasteiger partial charge on any atom is 0.317 e. The normalized spacial score (nSPS) is 17.0. The second kappa shape index (κ2) is 8.88. The average molecular weight is 374 g/mol. The fourth-order valence-electron chi connectivity index (χ4n) is 3.33. The van der Waals surface area contributed by atoms with Crippen LogP contribution in [0.25, 0.3) is 0 Å². The van der Waals surface area contributed by atoms with E-state index in [0.717, 1.165) is 37.2 Å². The van der Waals surface area contributed by atoms with Crippen LogP contribution >= 0.6 is 0 Å². The van der Waals surface area contributed by atoms with Crippen molar-refractivity contribution in [1.29, 1.82) is 0 Å². The molecule has 1 aromatic carbocycles. The highest BCUT2D eigenvalue weighted by Gasteiger charge is 2.24. The van der Waals surface area contributed by atoms with E-state index in [-0.39, 0.29) is 17.8 Å². The Morgan fingerprint density at radius 2 is 2.30 bits per heavy atom. The van der Waals surface area contributed by atoms with Crippen molar-refractivity contribution < 1.29 is 13.9 Å². The third-order valence-corrected chi connectivity index (χ3v) is 4.89. The van der Waals surface area contributed by atoms with Gasteiger partial charge in [-0.1, -0.05) is 6.07 Å². The molecule has 1 fully saturated rings. The predicted octanol–water partition coefficient (Wildman–Crippen LogP) is 3.35. The molecule has 0 saturated carbocycles. The number of nitrogens with one attached hydrogen (secondary N) is 1. The minimum Gasteiger partial charge on any atom is -0.493 e. The number of hydrogen-bond acceptors (Lipinski definition) is 3. The summed E-state index contributed by atoms with van der Waals surface area (Å²) in [7, 11) is 0. The van der Waals surface area contributed by atoms with Gasteiger partial charge in [-0.25, -0.2) is 9.18 Å². The van der Waals surface area contributed by atoms with E-state index >= 15 is 0 Å². The number of carbonyl (C=O) groups is 1. The number of piperidine rings is 1. The average Bonchev–Trinajstić information content (AvgIpc) is 3.04. The van der Waals surface area contributed by atoms with Gasteiger partial charge in [0.05, 0.1) is 12.3 Å². The highest BCUT2D eigenvalue weighted by molar-refractivity contribution is 5.74. The number of hydrogen-bond donors (Lipinski definition) is 1. The van der Waals surface area contributed by atoms with Crippen LogP contribution in [0.1, 0.15) is 31.0 Å². The number of aryl methyl sites for hydroxylation is 2. The molecule has 1 aromatic heterocycles. The van der Waals surface area contributed by atoms with E-state index in [1.165, 1.54) is 12.1 Å². The zero-order chi connectivity index (χ0) is 19.2. The minimum atomic E-state index is -0.307. The highest BCUT2D eigenvalue weighted by Crippen LogP contribution is 2.19. The number of likely N-dealkylation sites (tertiary alicyclic amines) is 1. The van der Waals surface area contributed by atoms with Gasteiger partial charge in [-0.05, 0) is 38.8 Å². The van der Waals surface area contributed by atoms with Crippen molar-refractivity contribution in [1.82, 2.24) is 20.0 Å². The van der Waals surface area contributed by atoms with Crippen molar-refractivity contribution in [2.45, 2.75) is 39.8 Å². The lowest BCUT2D eigenvalue weighted by molar-refractivity contribution is 0.137. The highest BCUT2D eigenvalue weighted by atomic mass is 19.1. The van der Waals surface area contributed by atoms with Crippen molar-refractivity contribution in [2.24, 2.45) is 5.92 Å². The zero-order valence-electron chi connectivity index (χ0n) is 15.9. The van der Waals surface area contributed by atoms with Gasteiger partial charge in [0.2, 0.25) is 0 Å². The molecule has 3 rings (SSSR count). The first-order valence-corrected chi connectivity index (χ1v) is 9.49. The van der Waals surface area contributed by atoms with E-state index < -0.39 is 0 Å². The van der Waals surface area contributed by atoms with Crippen molar-refractivity contribution >= 4 is 6.03 Å². The first-order chi connectivity index (χ1) is 13.0. The largest absolute Gasteiger partial charge is 0.493 e. The van der Waals surface area contributed by atoms with Gasteiger partial charge in [0.25, 0.3) is 0 Å². The van der Waals surface area contributed by atoms with Gasteiger partial charge in [0, 0.05) is 49.9 Å². The van der Waals surface area contributed by atoms with Crippen molar-refractivity contribution in [3.05, 3.63) is 47.5 Å². The molecule has 7 heteroatoms. The Morgan fingerprint density at radius 1 is 1.44 bits per heavy atom. The van der Waals surface area contributed by atoms with Crippen LogP contribution < -0.4 is 10.1 Å². The Morgan fingerprint density at radius 3 is 3.04 bits per heavy atom. The van der Waals surface area contributed by atoms with E-state index in [2.05, 4.69) is 10.4 Å². The van der Waals surface area contributed by atoms with Gasteiger partial charge in [-0.3, -0.25) is 4.68 Å². The summed E-state index contributed by atoms with van der Waals surface area (Å²) in [6.07, 6.45) is 3.92. The summed E-state index contributed by atoms with van der Waals surface area (Å²) in [6, 6.07) is 6.09. The molecule has 146 valence electrons. The summed E-state index contributed by atoms with van der Waals surface area (Å²) in [5.74, 6) is 0.469. The molecule has 1 atom stereocenters. The molecule has 2 aromatic rings. The van der Waals surface area contributed by atoms with Crippen LogP contribution in [-0.4, -0.2) is 40.4 Å². The number of ether oxygens (including phenoxy) is 1. The molecule has 1 unspecified atom stereocenters. The van der Waals surface area contributed by atoms with E-state index in [0.29, 0.717) is 25.4 Å². The van der Waals surface area contributed by atoms with Gasteiger partial charge < -0.3 is 15.0 Å². The van der Waals surface area contributed by atoms with E-state index in [1.54, 1.807) is 12.1 Å². The lowest BCUT2D eigenvalue weighted by Crippen LogP contribution is -2.46. The van der Waals surface area contributed by atoms with Crippen LogP contribution in [-0.2, 0) is 13.1 Å². The molecule has 6 nitrogen and oxygen atoms in total. The van der Waals surface area contributed by atoms with E-state index in [9.17, 15) is 9.18 Å². The van der Waals surface area contributed by atoms with Gasteiger partial charge in [-0.2, -0.15) is 5.10 Å². The van der Waals surface area contributed by atoms with E-state index in [1.807, 2.05) is 29.6 Å². The Kier molecular flexibility index (Phi) is 6.32. The number of carbonyl (C=O) groups excluding carboxylic acids is 1. The van der Waals surface area contributed by atoms with Crippen LogP contribution in [0.5, 0.6) is 5.75 Å². The molecule has 2 amide bonds. The predicted molar refractivity (Wildman–Crippen MR) is 101 cm³/mol. The lowest BCUT2D eigenvalue weighted by Gasteiger charge is -2.32. The number of rotatable bonds is 6. The molecule has 27 heavy (non-hydrogen) atoms. The van der Waals surface area contributed by atoms with Crippen LogP contribution in [0.4, 0.5) is 9.18 Å². The summed E-state index contributed by atoms with van der Waals surface area (Å²) in [5.41, 5.74) is 1.98. The van der Waals surface area contributed by atoms with Crippen molar-refractivity contribution in [2.75, 3.05) is 19.7 Å². The molecule has 0 spiro atoms. The maximum atomic E-state index is 13.2. The van der Waals surface area contributed by atoms with Crippen LogP contribution in [0, 0.1) is 18.7 Å². The molecular weight excluding hydrogens is 347 g/mol.